The van der Waals surface area contributed by atoms with Crippen molar-refractivity contribution in [2.45, 2.75) is 19.4 Å². The summed E-state index contributed by atoms with van der Waals surface area (Å²) in [5, 5.41) is 6.06. The summed E-state index contributed by atoms with van der Waals surface area (Å²) < 4.78 is 5.73. The van der Waals surface area contributed by atoms with Crippen molar-refractivity contribution in [2.24, 2.45) is 5.92 Å². The van der Waals surface area contributed by atoms with Crippen LogP contribution in [0.15, 0.2) is 54.6 Å². The number of halogens is 1. The van der Waals surface area contributed by atoms with Crippen molar-refractivity contribution in [1.29, 1.82) is 0 Å². The fourth-order valence-corrected chi connectivity index (χ4v) is 2.29. The van der Waals surface area contributed by atoms with Gasteiger partial charge in [0.15, 0.2) is 0 Å². The zero-order chi connectivity index (χ0) is 15.9. The van der Waals surface area contributed by atoms with Gasteiger partial charge in [0.25, 0.3) is 0 Å². The standard InChI is InChI=1S/C19H22N2O2.ClH/c22-19(13-20-12-15-6-7-15)21-17-8-10-18(11-9-17)23-14-16-4-2-1-3-5-16;/h1-5,8-11,15,20H,6-7,12-14H2,(H,21,22);1H. The summed E-state index contributed by atoms with van der Waals surface area (Å²) in [5.41, 5.74) is 1.92. The van der Waals surface area contributed by atoms with E-state index in [9.17, 15) is 4.79 Å². The number of carbonyl (C=O) groups is 1. The van der Waals surface area contributed by atoms with Gasteiger partial charge in [-0.15, -0.1) is 12.4 Å². The van der Waals surface area contributed by atoms with Crippen LogP contribution >= 0.6 is 12.4 Å². The third-order valence-electron chi connectivity index (χ3n) is 3.80. The van der Waals surface area contributed by atoms with Crippen LogP contribution in [0.3, 0.4) is 0 Å². The van der Waals surface area contributed by atoms with Crippen molar-refractivity contribution < 1.29 is 9.53 Å². The minimum atomic E-state index is -0.0106. The van der Waals surface area contributed by atoms with Gasteiger partial charge in [0.1, 0.15) is 12.4 Å². The van der Waals surface area contributed by atoms with Crippen LogP contribution in [0.2, 0.25) is 0 Å². The van der Waals surface area contributed by atoms with E-state index in [-0.39, 0.29) is 18.3 Å². The smallest absolute Gasteiger partial charge is 0.238 e. The first-order valence-corrected chi connectivity index (χ1v) is 8.07. The van der Waals surface area contributed by atoms with Crippen molar-refractivity contribution in [3.8, 4) is 5.75 Å². The number of benzene rings is 2. The van der Waals surface area contributed by atoms with Gasteiger partial charge in [0.05, 0.1) is 6.54 Å². The second-order valence-electron chi connectivity index (χ2n) is 5.92. The summed E-state index contributed by atoms with van der Waals surface area (Å²) in [6, 6.07) is 17.5. The van der Waals surface area contributed by atoms with Crippen molar-refractivity contribution in [3.63, 3.8) is 0 Å². The first-order chi connectivity index (χ1) is 11.3. The lowest BCUT2D eigenvalue weighted by Gasteiger charge is -2.09. The van der Waals surface area contributed by atoms with Gasteiger partial charge in [-0.3, -0.25) is 4.79 Å². The summed E-state index contributed by atoms with van der Waals surface area (Å²) in [6.45, 7) is 1.85. The van der Waals surface area contributed by atoms with E-state index in [1.165, 1.54) is 12.8 Å². The van der Waals surface area contributed by atoms with Gasteiger partial charge in [0, 0.05) is 5.69 Å². The lowest BCUT2D eigenvalue weighted by atomic mass is 10.2. The van der Waals surface area contributed by atoms with Gasteiger partial charge in [-0.2, -0.15) is 0 Å². The topological polar surface area (TPSA) is 50.4 Å². The van der Waals surface area contributed by atoms with E-state index in [4.69, 9.17) is 4.74 Å². The maximum Gasteiger partial charge on any atom is 0.238 e. The van der Waals surface area contributed by atoms with E-state index in [2.05, 4.69) is 10.6 Å². The molecule has 5 heteroatoms. The predicted octanol–water partition coefficient (Wildman–Crippen LogP) is 3.63. The molecule has 0 spiro atoms. The summed E-state index contributed by atoms with van der Waals surface area (Å²) in [4.78, 5) is 11.8. The molecule has 2 N–H and O–H groups in total. The highest BCUT2D eigenvalue weighted by atomic mass is 35.5. The molecule has 1 aliphatic carbocycles. The molecular weight excluding hydrogens is 324 g/mol. The molecule has 1 aliphatic rings. The lowest BCUT2D eigenvalue weighted by molar-refractivity contribution is -0.115. The fourth-order valence-electron chi connectivity index (χ4n) is 2.29. The summed E-state index contributed by atoms with van der Waals surface area (Å²) in [7, 11) is 0. The van der Waals surface area contributed by atoms with Crippen molar-refractivity contribution >= 4 is 24.0 Å². The van der Waals surface area contributed by atoms with E-state index in [1.54, 1.807) is 0 Å². The zero-order valence-electron chi connectivity index (χ0n) is 13.5. The van der Waals surface area contributed by atoms with E-state index in [0.717, 1.165) is 29.5 Å². The minimum absolute atomic E-state index is 0. The Morgan fingerprint density at radius 3 is 2.42 bits per heavy atom. The van der Waals surface area contributed by atoms with E-state index < -0.39 is 0 Å². The Morgan fingerprint density at radius 1 is 1.04 bits per heavy atom. The molecule has 0 aromatic heterocycles. The van der Waals surface area contributed by atoms with Gasteiger partial charge in [0.2, 0.25) is 5.91 Å². The minimum Gasteiger partial charge on any atom is -0.489 e. The van der Waals surface area contributed by atoms with Gasteiger partial charge in [-0.1, -0.05) is 30.3 Å². The first-order valence-electron chi connectivity index (χ1n) is 8.07. The maximum absolute atomic E-state index is 11.8. The van der Waals surface area contributed by atoms with Crippen LogP contribution in [0.1, 0.15) is 18.4 Å². The van der Waals surface area contributed by atoms with Gasteiger partial charge in [-0.05, 0) is 55.1 Å². The SMILES string of the molecule is Cl.O=C(CNCC1CC1)Nc1ccc(OCc2ccccc2)cc1. The molecule has 0 saturated heterocycles. The molecule has 1 fully saturated rings. The number of amides is 1. The number of carbonyl (C=O) groups excluding carboxylic acids is 1. The molecule has 2 aromatic carbocycles. The molecule has 0 radical (unpaired) electrons. The number of hydrogen-bond acceptors (Lipinski definition) is 3. The summed E-state index contributed by atoms with van der Waals surface area (Å²) >= 11 is 0. The molecule has 0 atom stereocenters. The highest BCUT2D eigenvalue weighted by Gasteiger charge is 2.20. The molecular formula is C19H23ClN2O2. The third-order valence-corrected chi connectivity index (χ3v) is 3.80. The van der Waals surface area contributed by atoms with Crippen molar-refractivity contribution in [2.75, 3.05) is 18.4 Å². The van der Waals surface area contributed by atoms with Crippen LogP contribution < -0.4 is 15.4 Å². The summed E-state index contributed by atoms with van der Waals surface area (Å²) in [6.07, 6.45) is 2.58. The Kier molecular flexibility index (Phi) is 7.09. The molecule has 2 aromatic rings. The van der Waals surface area contributed by atoms with Crippen LogP contribution in [0.4, 0.5) is 5.69 Å². The molecule has 0 bridgehead atoms. The Labute approximate surface area is 149 Å². The normalized spacial score (nSPS) is 13.0. The Bertz CT molecular complexity index is 628. The van der Waals surface area contributed by atoms with Crippen LogP contribution in [0, 0.1) is 5.92 Å². The molecule has 3 rings (SSSR count). The maximum atomic E-state index is 11.8. The Balaban J connectivity index is 0.00000208. The quantitative estimate of drug-likeness (QED) is 0.767. The van der Waals surface area contributed by atoms with Crippen LogP contribution in [-0.4, -0.2) is 19.0 Å². The summed E-state index contributed by atoms with van der Waals surface area (Å²) in [5.74, 6) is 1.56. The Morgan fingerprint density at radius 2 is 1.75 bits per heavy atom. The fraction of sp³-hybridized carbons (Fsp3) is 0.316. The largest absolute Gasteiger partial charge is 0.489 e. The molecule has 24 heavy (non-hydrogen) atoms. The number of ether oxygens (including phenoxy) is 1. The molecule has 0 aliphatic heterocycles. The van der Waals surface area contributed by atoms with Crippen LogP contribution in [0.25, 0.3) is 0 Å². The number of nitrogens with one attached hydrogen (secondary N) is 2. The van der Waals surface area contributed by atoms with Crippen molar-refractivity contribution in [3.05, 3.63) is 60.2 Å². The average Bonchev–Trinajstić information content (AvgIpc) is 3.39. The highest BCUT2D eigenvalue weighted by molar-refractivity contribution is 5.92. The first kappa shape index (κ1) is 18.3. The molecule has 4 nitrogen and oxygen atoms in total. The molecule has 1 saturated carbocycles. The molecule has 0 heterocycles. The van der Waals surface area contributed by atoms with E-state index in [1.807, 2.05) is 54.6 Å². The van der Waals surface area contributed by atoms with Gasteiger partial charge >= 0.3 is 0 Å². The van der Waals surface area contributed by atoms with E-state index in [0.29, 0.717) is 13.2 Å². The van der Waals surface area contributed by atoms with Crippen LogP contribution in [-0.2, 0) is 11.4 Å². The monoisotopic (exact) mass is 346 g/mol. The van der Waals surface area contributed by atoms with E-state index >= 15 is 0 Å². The second-order valence-corrected chi connectivity index (χ2v) is 5.92. The van der Waals surface area contributed by atoms with Gasteiger partial charge < -0.3 is 15.4 Å². The molecule has 0 unspecified atom stereocenters. The number of anilines is 1. The molecule has 1 amide bonds. The number of rotatable bonds is 8. The number of hydrogen-bond donors (Lipinski definition) is 2. The van der Waals surface area contributed by atoms with Crippen molar-refractivity contribution in [1.82, 2.24) is 5.32 Å². The third kappa shape index (κ3) is 6.22. The van der Waals surface area contributed by atoms with Gasteiger partial charge in [-0.25, -0.2) is 0 Å². The van der Waals surface area contributed by atoms with Crippen LogP contribution in [0.5, 0.6) is 5.75 Å². The zero-order valence-corrected chi connectivity index (χ0v) is 14.4. The average molecular weight is 347 g/mol. The highest BCUT2D eigenvalue weighted by Crippen LogP contribution is 2.27. The molecule has 128 valence electrons. The predicted molar refractivity (Wildman–Crippen MR) is 98.7 cm³/mol. The lowest BCUT2D eigenvalue weighted by Crippen LogP contribution is -2.29. The second kappa shape index (κ2) is 9.30. The Hall–Kier alpha value is -2.04.